The molecule has 2 unspecified atom stereocenters. The third-order valence-electron chi connectivity index (χ3n) is 3.62. The second kappa shape index (κ2) is 7.17. The second-order valence-electron chi connectivity index (χ2n) is 4.63. The van der Waals surface area contributed by atoms with Crippen LogP contribution in [0.1, 0.15) is 39.0 Å². The Labute approximate surface area is 96.6 Å². The Hall–Kier alpha value is -0.220. The summed E-state index contributed by atoms with van der Waals surface area (Å²) >= 11 is 0. The maximum Gasteiger partial charge on any atom is 0.251 e. The quantitative estimate of drug-likeness (QED) is 0.764. The van der Waals surface area contributed by atoms with Crippen molar-refractivity contribution in [1.29, 1.82) is 0 Å². The third-order valence-corrected chi connectivity index (χ3v) is 3.62. The van der Waals surface area contributed by atoms with Crippen LogP contribution in [0.5, 0.6) is 0 Å². The molecule has 0 bridgehead atoms. The van der Waals surface area contributed by atoms with Crippen LogP contribution < -0.4 is 0 Å². The molecular weight excluding hydrogens is 212 g/mol. The predicted molar refractivity (Wildman–Crippen MR) is 60.7 cm³/mol. The molecule has 0 aromatic heterocycles. The van der Waals surface area contributed by atoms with Gasteiger partial charge in [-0.3, -0.25) is 4.90 Å². The minimum Gasteiger partial charge on any atom is -0.395 e. The number of hydrogen-bond donors (Lipinski definition) is 1. The van der Waals surface area contributed by atoms with Gasteiger partial charge >= 0.3 is 0 Å². The standard InChI is InChI=1S/C12H23F2NO/c1-2-10-5-3-4-6-11(10)15(7-8-16)9-12(13)14/h10-12,16H,2-9H2,1H3. The van der Waals surface area contributed by atoms with Gasteiger partial charge < -0.3 is 5.11 Å². The topological polar surface area (TPSA) is 23.5 Å². The summed E-state index contributed by atoms with van der Waals surface area (Å²) in [5.74, 6) is 0.527. The minimum atomic E-state index is -2.30. The molecule has 0 amide bonds. The Morgan fingerprint density at radius 3 is 2.56 bits per heavy atom. The molecule has 2 atom stereocenters. The zero-order valence-corrected chi connectivity index (χ0v) is 10.0. The molecule has 0 saturated heterocycles. The first-order chi connectivity index (χ1) is 7.69. The molecule has 2 nitrogen and oxygen atoms in total. The molecule has 1 aliphatic carbocycles. The van der Waals surface area contributed by atoms with Gasteiger partial charge in [-0.2, -0.15) is 0 Å². The summed E-state index contributed by atoms with van der Waals surface area (Å²) in [4.78, 5) is 1.79. The Kier molecular flexibility index (Phi) is 6.21. The first kappa shape index (κ1) is 13.8. The van der Waals surface area contributed by atoms with Crippen molar-refractivity contribution in [2.75, 3.05) is 19.7 Å². The lowest BCUT2D eigenvalue weighted by Crippen LogP contribution is -2.45. The number of rotatable bonds is 6. The number of nitrogens with zero attached hydrogens (tertiary/aromatic N) is 1. The Balaban J connectivity index is 2.58. The van der Waals surface area contributed by atoms with E-state index in [-0.39, 0.29) is 19.2 Å². The number of halogens is 2. The summed E-state index contributed by atoms with van der Waals surface area (Å²) in [6, 6.07) is 0.250. The lowest BCUT2D eigenvalue weighted by Gasteiger charge is -2.39. The highest BCUT2D eigenvalue weighted by atomic mass is 19.3. The van der Waals surface area contributed by atoms with E-state index in [0.717, 1.165) is 25.7 Å². The smallest absolute Gasteiger partial charge is 0.251 e. The SMILES string of the molecule is CCC1CCCCC1N(CCO)CC(F)F. The van der Waals surface area contributed by atoms with Gasteiger partial charge in [0.15, 0.2) is 0 Å². The molecule has 16 heavy (non-hydrogen) atoms. The number of aliphatic hydroxyl groups excluding tert-OH is 1. The summed E-state index contributed by atoms with van der Waals surface area (Å²) in [6.45, 7) is 2.29. The summed E-state index contributed by atoms with van der Waals surface area (Å²) in [6.07, 6.45) is 3.25. The minimum absolute atomic E-state index is 0.0281. The van der Waals surface area contributed by atoms with Gasteiger partial charge in [0.05, 0.1) is 13.2 Å². The molecule has 0 radical (unpaired) electrons. The molecule has 1 aliphatic rings. The van der Waals surface area contributed by atoms with E-state index >= 15 is 0 Å². The summed E-state index contributed by atoms with van der Waals surface area (Å²) in [7, 11) is 0. The number of hydrogen-bond acceptors (Lipinski definition) is 2. The molecule has 0 aliphatic heterocycles. The second-order valence-corrected chi connectivity index (χ2v) is 4.63. The average molecular weight is 235 g/mol. The van der Waals surface area contributed by atoms with Crippen molar-refractivity contribution in [2.45, 2.75) is 51.5 Å². The largest absolute Gasteiger partial charge is 0.395 e. The van der Waals surface area contributed by atoms with E-state index in [0.29, 0.717) is 12.5 Å². The van der Waals surface area contributed by atoms with Crippen molar-refractivity contribution >= 4 is 0 Å². The van der Waals surface area contributed by atoms with Gasteiger partial charge in [0.25, 0.3) is 6.43 Å². The van der Waals surface area contributed by atoms with Crippen molar-refractivity contribution in [3.63, 3.8) is 0 Å². The fraction of sp³-hybridized carbons (Fsp3) is 1.00. The highest BCUT2D eigenvalue weighted by molar-refractivity contribution is 4.83. The van der Waals surface area contributed by atoms with Gasteiger partial charge in [-0.25, -0.2) is 8.78 Å². The molecule has 0 aromatic carbocycles. The van der Waals surface area contributed by atoms with Gasteiger partial charge in [0.2, 0.25) is 0 Å². The van der Waals surface area contributed by atoms with Gasteiger partial charge in [-0.15, -0.1) is 0 Å². The van der Waals surface area contributed by atoms with Crippen molar-refractivity contribution in [1.82, 2.24) is 4.90 Å². The van der Waals surface area contributed by atoms with Crippen molar-refractivity contribution < 1.29 is 13.9 Å². The molecule has 1 N–H and O–H groups in total. The lowest BCUT2D eigenvalue weighted by molar-refractivity contribution is 0.0231. The van der Waals surface area contributed by atoms with Gasteiger partial charge in [-0.05, 0) is 18.8 Å². The van der Waals surface area contributed by atoms with Crippen LogP contribution in [-0.4, -0.2) is 42.2 Å². The van der Waals surface area contributed by atoms with E-state index in [1.54, 1.807) is 4.90 Å². The summed E-state index contributed by atoms with van der Waals surface area (Å²) in [5.41, 5.74) is 0. The molecule has 0 spiro atoms. The Morgan fingerprint density at radius 1 is 1.31 bits per heavy atom. The monoisotopic (exact) mass is 235 g/mol. The van der Waals surface area contributed by atoms with Crippen LogP contribution in [-0.2, 0) is 0 Å². The number of aliphatic hydroxyl groups is 1. The summed E-state index contributed by atoms with van der Waals surface area (Å²) in [5, 5.41) is 8.95. The van der Waals surface area contributed by atoms with Crippen LogP contribution in [0.2, 0.25) is 0 Å². The average Bonchev–Trinajstić information content (AvgIpc) is 2.28. The first-order valence-electron chi connectivity index (χ1n) is 6.32. The molecular formula is C12H23F2NO. The van der Waals surface area contributed by atoms with E-state index in [4.69, 9.17) is 5.11 Å². The maximum atomic E-state index is 12.5. The van der Waals surface area contributed by atoms with Crippen LogP contribution in [0.3, 0.4) is 0 Å². The van der Waals surface area contributed by atoms with Crippen molar-refractivity contribution in [2.24, 2.45) is 5.92 Å². The highest BCUT2D eigenvalue weighted by Gasteiger charge is 2.29. The molecule has 4 heteroatoms. The predicted octanol–water partition coefficient (Wildman–Crippen LogP) is 2.51. The third kappa shape index (κ3) is 3.98. The molecule has 1 rings (SSSR count). The normalized spacial score (nSPS) is 26.6. The molecule has 0 aromatic rings. The molecule has 1 fully saturated rings. The van der Waals surface area contributed by atoms with Gasteiger partial charge in [0.1, 0.15) is 0 Å². The van der Waals surface area contributed by atoms with E-state index in [1.165, 1.54) is 6.42 Å². The van der Waals surface area contributed by atoms with E-state index in [1.807, 2.05) is 0 Å². The first-order valence-corrected chi connectivity index (χ1v) is 6.32. The fourth-order valence-corrected chi connectivity index (χ4v) is 2.84. The maximum absolute atomic E-state index is 12.5. The van der Waals surface area contributed by atoms with Gasteiger partial charge in [0, 0.05) is 12.6 Å². The van der Waals surface area contributed by atoms with E-state index in [2.05, 4.69) is 6.92 Å². The van der Waals surface area contributed by atoms with Crippen molar-refractivity contribution in [3.8, 4) is 0 Å². The van der Waals surface area contributed by atoms with Crippen LogP contribution in [0.15, 0.2) is 0 Å². The van der Waals surface area contributed by atoms with Crippen LogP contribution in [0, 0.1) is 5.92 Å². The van der Waals surface area contributed by atoms with Crippen LogP contribution >= 0.6 is 0 Å². The molecule has 0 heterocycles. The zero-order valence-electron chi connectivity index (χ0n) is 10.0. The molecule has 1 saturated carbocycles. The Bertz CT molecular complexity index is 190. The van der Waals surface area contributed by atoms with Gasteiger partial charge in [-0.1, -0.05) is 26.2 Å². The number of alkyl halides is 2. The highest BCUT2D eigenvalue weighted by Crippen LogP contribution is 2.30. The van der Waals surface area contributed by atoms with E-state index < -0.39 is 6.43 Å². The van der Waals surface area contributed by atoms with Crippen molar-refractivity contribution in [3.05, 3.63) is 0 Å². The van der Waals surface area contributed by atoms with Crippen LogP contribution in [0.25, 0.3) is 0 Å². The van der Waals surface area contributed by atoms with E-state index in [9.17, 15) is 8.78 Å². The Morgan fingerprint density at radius 2 is 2.00 bits per heavy atom. The lowest BCUT2D eigenvalue weighted by atomic mass is 9.82. The zero-order chi connectivity index (χ0) is 12.0. The summed E-state index contributed by atoms with van der Waals surface area (Å²) < 4.78 is 24.9. The van der Waals surface area contributed by atoms with Crippen LogP contribution in [0.4, 0.5) is 8.78 Å². The fourth-order valence-electron chi connectivity index (χ4n) is 2.84. The molecule has 96 valence electrons.